The van der Waals surface area contributed by atoms with Crippen molar-refractivity contribution in [1.29, 1.82) is 0 Å². The first-order valence-corrected chi connectivity index (χ1v) is 11.2. The van der Waals surface area contributed by atoms with Gasteiger partial charge in [0.05, 0.1) is 30.9 Å². The molecule has 0 radical (unpaired) electrons. The van der Waals surface area contributed by atoms with E-state index in [0.29, 0.717) is 41.7 Å². The smallest absolute Gasteiger partial charge is 0.227 e. The fourth-order valence-electron chi connectivity index (χ4n) is 4.51. The van der Waals surface area contributed by atoms with Crippen molar-refractivity contribution in [3.05, 3.63) is 83.1 Å². The first-order chi connectivity index (χ1) is 16.1. The van der Waals surface area contributed by atoms with Gasteiger partial charge in [-0.1, -0.05) is 35.9 Å². The van der Waals surface area contributed by atoms with E-state index in [-0.39, 0.29) is 11.8 Å². The number of rotatable bonds is 6. The molecule has 3 aromatic carbocycles. The zero-order valence-electron chi connectivity index (χ0n) is 18.5. The SMILES string of the molecule is COc1ccc(OC)c(N2C[C@@H](c3nc4ccccc4n3Cc3cccc(Cl)c3)CC2=O)c1. The minimum Gasteiger partial charge on any atom is -0.497 e. The lowest BCUT2D eigenvalue weighted by molar-refractivity contribution is -0.117. The van der Waals surface area contributed by atoms with Crippen LogP contribution in [0, 0.1) is 0 Å². The molecule has 0 bridgehead atoms. The average Bonchev–Trinajstić information content (AvgIpc) is 3.39. The van der Waals surface area contributed by atoms with Gasteiger partial charge in [-0.25, -0.2) is 4.98 Å². The molecule has 4 aromatic rings. The summed E-state index contributed by atoms with van der Waals surface area (Å²) in [5.41, 5.74) is 3.75. The fraction of sp³-hybridized carbons (Fsp3) is 0.231. The summed E-state index contributed by atoms with van der Waals surface area (Å²) >= 11 is 6.23. The van der Waals surface area contributed by atoms with Crippen LogP contribution in [-0.4, -0.2) is 36.2 Å². The number of fused-ring (bicyclic) bond motifs is 1. The van der Waals surface area contributed by atoms with E-state index in [1.54, 1.807) is 19.1 Å². The Morgan fingerprint density at radius 3 is 2.67 bits per heavy atom. The van der Waals surface area contributed by atoms with Crippen LogP contribution >= 0.6 is 11.6 Å². The number of ether oxygens (including phenoxy) is 2. The Balaban J connectivity index is 1.53. The van der Waals surface area contributed by atoms with E-state index in [2.05, 4.69) is 16.7 Å². The van der Waals surface area contributed by atoms with Crippen molar-refractivity contribution in [2.75, 3.05) is 25.7 Å². The van der Waals surface area contributed by atoms with Gasteiger partial charge in [0.1, 0.15) is 17.3 Å². The normalized spacial score (nSPS) is 15.9. The molecule has 1 amide bonds. The zero-order valence-corrected chi connectivity index (χ0v) is 19.2. The van der Waals surface area contributed by atoms with Gasteiger partial charge in [-0.3, -0.25) is 4.79 Å². The molecule has 2 heterocycles. The maximum atomic E-state index is 13.1. The number of hydrogen-bond donors (Lipinski definition) is 0. The summed E-state index contributed by atoms with van der Waals surface area (Å²) in [5.74, 6) is 2.19. The summed E-state index contributed by atoms with van der Waals surface area (Å²) < 4.78 is 13.1. The van der Waals surface area contributed by atoms with Crippen molar-refractivity contribution >= 4 is 34.2 Å². The van der Waals surface area contributed by atoms with E-state index >= 15 is 0 Å². The highest BCUT2D eigenvalue weighted by atomic mass is 35.5. The van der Waals surface area contributed by atoms with E-state index in [9.17, 15) is 4.79 Å². The molecular formula is C26H24ClN3O3. The molecule has 0 unspecified atom stereocenters. The lowest BCUT2D eigenvalue weighted by Crippen LogP contribution is -2.25. The highest BCUT2D eigenvalue weighted by Gasteiger charge is 2.36. The third-order valence-corrected chi connectivity index (χ3v) is 6.32. The first-order valence-electron chi connectivity index (χ1n) is 10.8. The topological polar surface area (TPSA) is 56.6 Å². The molecule has 0 spiro atoms. The molecule has 33 heavy (non-hydrogen) atoms. The Labute approximate surface area is 197 Å². The van der Waals surface area contributed by atoms with Crippen LogP contribution in [0.1, 0.15) is 23.7 Å². The van der Waals surface area contributed by atoms with Crippen LogP contribution in [0.4, 0.5) is 5.69 Å². The number of methoxy groups -OCH3 is 2. The minimum atomic E-state index is -0.0556. The number of halogens is 1. The maximum absolute atomic E-state index is 13.1. The Morgan fingerprint density at radius 2 is 1.88 bits per heavy atom. The monoisotopic (exact) mass is 461 g/mol. The second kappa shape index (κ2) is 8.79. The molecule has 0 saturated carbocycles. The summed E-state index contributed by atoms with van der Waals surface area (Å²) in [4.78, 5) is 19.9. The van der Waals surface area contributed by atoms with Crippen molar-refractivity contribution in [1.82, 2.24) is 9.55 Å². The Morgan fingerprint density at radius 1 is 1.03 bits per heavy atom. The number of carbonyl (C=O) groups excluding carboxylic acids is 1. The third-order valence-electron chi connectivity index (χ3n) is 6.08. The van der Waals surface area contributed by atoms with Crippen LogP contribution in [0.25, 0.3) is 11.0 Å². The number of imidazole rings is 1. The van der Waals surface area contributed by atoms with E-state index in [4.69, 9.17) is 26.1 Å². The number of nitrogens with zero attached hydrogens (tertiary/aromatic N) is 3. The van der Waals surface area contributed by atoms with Crippen LogP contribution < -0.4 is 14.4 Å². The lowest BCUT2D eigenvalue weighted by atomic mass is 10.1. The Kier molecular flexibility index (Phi) is 5.68. The number of para-hydroxylation sites is 2. The highest BCUT2D eigenvalue weighted by molar-refractivity contribution is 6.30. The highest BCUT2D eigenvalue weighted by Crippen LogP contribution is 2.39. The predicted octanol–water partition coefficient (Wildman–Crippen LogP) is 5.28. The molecule has 168 valence electrons. The van der Waals surface area contributed by atoms with Crippen molar-refractivity contribution in [3.63, 3.8) is 0 Å². The molecule has 5 rings (SSSR count). The van der Waals surface area contributed by atoms with Gasteiger partial charge in [0.15, 0.2) is 0 Å². The van der Waals surface area contributed by atoms with E-state index < -0.39 is 0 Å². The summed E-state index contributed by atoms with van der Waals surface area (Å²) in [7, 11) is 3.21. The fourth-order valence-corrected chi connectivity index (χ4v) is 4.72. The van der Waals surface area contributed by atoms with Crippen LogP contribution in [0.15, 0.2) is 66.7 Å². The van der Waals surface area contributed by atoms with Gasteiger partial charge in [-0.2, -0.15) is 0 Å². The summed E-state index contributed by atoms with van der Waals surface area (Å²) in [6.07, 6.45) is 0.374. The molecule has 7 heteroatoms. The number of aromatic nitrogens is 2. The number of carbonyl (C=O) groups is 1. The standard InChI is InChI=1S/C26H24ClN3O3/c1-32-20-10-11-24(33-2)23(14-20)29-16-18(13-25(29)31)26-28-21-8-3-4-9-22(21)30(26)15-17-6-5-7-19(27)12-17/h3-12,14,18H,13,15-16H2,1-2H3/t18-/m0/s1. The van der Waals surface area contributed by atoms with E-state index in [1.807, 2.05) is 54.6 Å². The molecule has 6 nitrogen and oxygen atoms in total. The van der Waals surface area contributed by atoms with Gasteiger partial charge in [0, 0.05) is 36.5 Å². The van der Waals surface area contributed by atoms with E-state index in [0.717, 1.165) is 22.4 Å². The number of anilines is 1. The van der Waals surface area contributed by atoms with Gasteiger partial charge >= 0.3 is 0 Å². The summed E-state index contributed by atoms with van der Waals surface area (Å²) in [6.45, 7) is 1.14. The number of hydrogen-bond acceptors (Lipinski definition) is 4. The molecule has 0 N–H and O–H groups in total. The Bertz CT molecular complexity index is 1330. The largest absolute Gasteiger partial charge is 0.497 e. The lowest BCUT2D eigenvalue weighted by Gasteiger charge is -2.20. The van der Waals surface area contributed by atoms with Crippen LogP contribution in [0.5, 0.6) is 11.5 Å². The summed E-state index contributed by atoms with van der Waals surface area (Å²) in [6, 6.07) is 21.4. The van der Waals surface area contributed by atoms with Crippen LogP contribution in [-0.2, 0) is 11.3 Å². The Hall–Kier alpha value is -3.51. The minimum absolute atomic E-state index is 0.0351. The van der Waals surface area contributed by atoms with Gasteiger partial charge in [-0.05, 0) is 42.0 Å². The van der Waals surface area contributed by atoms with Crippen molar-refractivity contribution in [2.45, 2.75) is 18.9 Å². The third kappa shape index (κ3) is 4.02. The van der Waals surface area contributed by atoms with Gasteiger partial charge in [-0.15, -0.1) is 0 Å². The first kappa shape index (κ1) is 21.3. The molecule has 1 aliphatic rings. The second-order valence-electron chi connectivity index (χ2n) is 8.12. The quantitative estimate of drug-likeness (QED) is 0.392. The van der Waals surface area contributed by atoms with Gasteiger partial charge < -0.3 is 18.9 Å². The average molecular weight is 462 g/mol. The molecule has 1 aromatic heterocycles. The molecular weight excluding hydrogens is 438 g/mol. The van der Waals surface area contributed by atoms with Crippen LogP contribution in [0.2, 0.25) is 5.02 Å². The van der Waals surface area contributed by atoms with Crippen molar-refractivity contribution in [2.24, 2.45) is 0 Å². The zero-order chi connectivity index (χ0) is 22.9. The van der Waals surface area contributed by atoms with E-state index in [1.165, 1.54) is 0 Å². The predicted molar refractivity (Wildman–Crippen MR) is 130 cm³/mol. The number of amides is 1. The van der Waals surface area contributed by atoms with Gasteiger partial charge in [0.25, 0.3) is 0 Å². The molecule has 1 fully saturated rings. The second-order valence-corrected chi connectivity index (χ2v) is 8.55. The van der Waals surface area contributed by atoms with Crippen molar-refractivity contribution < 1.29 is 14.3 Å². The van der Waals surface area contributed by atoms with Crippen LogP contribution in [0.3, 0.4) is 0 Å². The molecule has 1 aliphatic heterocycles. The van der Waals surface area contributed by atoms with Gasteiger partial charge in [0.2, 0.25) is 5.91 Å². The number of benzene rings is 3. The molecule has 1 saturated heterocycles. The maximum Gasteiger partial charge on any atom is 0.227 e. The summed E-state index contributed by atoms with van der Waals surface area (Å²) in [5, 5.41) is 0.700. The van der Waals surface area contributed by atoms with Crippen molar-refractivity contribution in [3.8, 4) is 11.5 Å². The molecule has 1 atom stereocenters. The molecule has 0 aliphatic carbocycles.